The van der Waals surface area contributed by atoms with Crippen LogP contribution in [0.2, 0.25) is 0 Å². The van der Waals surface area contributed by atoms with Crippen LogP contribution in [0.3, 0.4) is 0 Å². The molecule has 0 saturated carbocycles. The lowest BCUT2D eigenvalue weighted by molar-refractivity contribution is -0.232. The van der Waals surface area contributed by atoms with Gasteiger partial charge in [0.1, 0.15) is 6.10 Å². The van der Waals surface area contributed by atoms with Crippen molar-refractivity contribution in [2.45, 2.75) is 57.1 Å². The van der Waals surface area contributed by atoms with E-state index in [1.54, 1.807) is 0 Å². The van der Waals surface area contributed by atoms with Crippen molar-refractivity contribution in [3.8, 4) is 0 Å². The molecule has 2 aliphatic rings. The average molecular weight is 262 g/mol. The van der Waals surface area contributed by atoms with Crippen LogP contribution in [-0.2, 0) is 18.9 Å². The molecule has 106 valence electrons. The molecule has 6 heteroatoms. The Kier molecular flexibility index (Phi) is 4.58. The van der Waals surface area contributed by atoms with Crippen LogP contribution in [0.4, 0.5) is 0 Å². The van der Waals surface area contributed by atoms with Crippen LogP contribution in [0.1, 0.15) is 26.7 Å². The van der Waals surface area contributed by atoms with E-state index in [4.69, 9.17) is 24.1 Å². The molecule has 0 spiro atoms. The summed E-state index contributed by atoms with van der Waals surface area (Å²) < 4.78 is 22.1. The molecule has 18 heavy (non-hydrogen) atoms. The second-order valence-corrected chi connectivity index (χ2v) is 5.28. The molecule has 2 fully saturated rings. The highest BCUT2D eigenvalue weighted by Crippen LogP contribution is 2.24. The Morgan fingerprint density at radius 1 is 1.28 bits per heavy atom. The van der Waals surface area contributed by atoms with Crippen LogP contribution >= 0.6 is 0 Å². The molecule has 0 aromatic carbocycles. The summed E-state index contributed by atoms with van der Waals surface area (Å²) in [6.07, 6.45) is -0.567. The summed E-state index contributed by atoms with van der Waals surface area (Å²) in [4.78, 5) is 0. The Balaban J connectivity index is 1.73. The predicted octanol–water partition coefficient (Wildman–Crippen LogP) is 0.0128. The van der Waals surface area contributed by atoms with Crippen LogP contribution in [-0.4, -0.2) is 60.4 Å². The van der Waals surface area contributed by atoms with Crippen molar-refractivity contribution in [2.24, 2.45) is 0 Å². The summed E-state index contributed by atoms with van der Waals surface area (Å²) in [5.74, 6) is -0.561. The fourth-order valence-electron chi connectivity index (χ4n) is 2.23. The third-order valence-electron chi connectivity index (χ3n) is 3.08. The Bertz CT molecular complexity index is 269. The van der Waals surface area contributed by atoms with Gasteiger partial charge in [0, 0.05) is 12.8 Å². The number of aliphatic hydroxyl groups is 2. The van der Waals surface area contributed by atoms with E-state index in [2.05, 4.69) is 0 Å². The zero-order valence-electron chi connectivity index (χ0n) is 10.9. The van der Waals surface area contributed by atoms with Crippen LogP contribution in [0, 0.1) is 0 Å². The van der Waals surface area contributed by atoms with Gasteiger partial charge in [-0.05, 0) is 13.8 Å². The maximum atomic E-state index is 9.63. The van der Waals surface area contributed by atoms with Gasteiger partial charge in [-0.3, -0.25) is 0 Å². The summed E-state index contributed by atoms with van der Waals surface area (Å²) in [6, 6.07) is 0. The van der Waals surface area contributed by atoms with Crippen molar-refractivity contribution in [1.29, 1.82) is 0 Å². The van der Waals surface area contributed by atoms with Gasteiger partial charge < -0.3 is 29.2 Å². The van der Waals surface area contributed by atoms with E-state index in [9.17, 15) is 5.11 Å². The summed E-state index contributed by atoms with van der Waals surface area (Å²) in [5.41, 5.74) is 0. The molecule has 0 aromatic rings. The molecule has 4 atom stereocenters. The standard InChI is InChI=1S/C12H22O6/c1-12(2)16-7-10(18-12)6-15-11-4-8(14)3-9(5-13)17-11/h8-11,13-14H,3-7H2,1-2H3/t8?,9-,10?,11?/m0/s1. The first-order chi connectivity index (χ1) is 8.48. The van der Waals surface area contributed by atoms with E-state index in [1.807, 2.05) is 13.8 Å². The highest BCUT2D eigenvalue weighted by Gasteiger charge is 2.34. The van der Waals surface area contributed by atoms with Gasteiger partial charge in [0.25, 0.3) is 0 Å². The number of hydrogen-bond acceptors (Lipinski definition) is 6. The fraction of sp³-hybridized carbons (Fsp3) is 1.00. The van der Waals surface area contributed by atoms with Crippen molar-refractivity contribution in [2.75, 3.05) is 19.8 Å². The summed E-state index contributed by atoms with van der Waals surface area (Å²) in [5, 5.41) is 18.7. The Hall–Kier alpha value is -0.240. The first kappa shape index (κ1) is 14.2. The first-order valence-electron chi connectivity index (χ1n) is 6.36. The van der Waals surface area contributed by atoms with Crippen LogP contribution < -0.4 is 0 Å². The lowest BCUT2D eigenvalue weighted by Gasteiger charge is -2.32. The van der Waals surface area contributed by atoms with Crippen LogP contribution in [0.25, 0.3) is 0 Å². The van der Waals surface area contributed by atoms with Crippen LogP contribution in [0.15, 0.2) is 0 Å². The highest BCUT2D eigenvalue weighted by molar-refractivity contribution is 4.74. The van der Waals surface area contributed by atoms with Crippen molar-refractivity contribution in [1.82, 2.24) is 0 Å². The Morgan fingerprint density at radius 3 is 2.67 bits per heavy atom. The Morgan fingerprint density at radius 2 is 2.06 bits per heavy atom. The van der Waals surface area contributed by atoms with Gasteiger partial charge in [0.05, 0.1) is 32.0 Å². The topological polar surface area (TPSA) is 77.4 Å². The molecule has 0 aromatic heterocycles. The summed E-state index contributed by atoms with van der Waals surface area (Å²) in [6.45, 7) is 4.46. The predicted molar refractivity (Wildman–Crippen MR) is 61.8 cm³/mol. The molecular formula is C12H22O6. The van der Waals surface area contributed by atoms with Gasteiger partial charge in [-0.25, -0.2) is 0 Å². The van der Waals surface area contributed by atoms with Crippen molar-refractivity contribution < 1.29 is 29.2 Å². The third-order valence-corrected chi connectivity index (χ3v) is 3.08. The van der Waals surface area contributed by atoms with Gasteiger partial charge in [0.15, 0.2) is 12.1 Å². The van der Waals surface area contributed by atoms with E-state index in [1.165, 1.54) is 0 Å². The van der Waals surface area contributed by atoms with Gasteiger partial charge in [-0.15, -0.1) is 0 Å². The maximum absolute atomic E-state index is 9.63. The zero-order chi connectivity index (χ0) is 13.2. The maximum Gasteiger partial charge on any atom is 0.163 e. The second kappa shape index (κ2) is 5.81. The third kappa shape index (κ3) is 3.88. The molecular weight excluding hydrogens is 240 g/mol. The van der Waals surface area contributed by atoms with E-state index < -0.39 is 18.2 Å². The number of ether oxygens (including phenoxy) is 4. The second-order valence-electron chi connectivity index (χ2n) is 5.28. The molecule has 6 nitrogen and oxygen atoms in total. The minimum Gasteiger partial charge on any atom is -0.394 e. The number of hydrogen-bond donors (Lipinski definition) is 2. The first-order valence-corrected chi connectivity index (χ1v) is 6.36. The highest BCUT2D eigenvalue weighted by atomic mass is 16.8. The minimum atomic E-state index is -0.561. The van der Waals surface area contributed by atoms with E-state index in [0.717, 1.165) is 0 Å². The number of aliphatic hydroxyl groups excluding tert-OH is 2. The Labute approximate surface area is 107 Å². The van der Waals surface area contributed by atoms with E-state index >= 15 is 0 Å². The molecule has 2 heterocycles. The zero-order valence-corrected chi connectivity index (χ0v) is 10.9. The molecule has 0 amide bonds. The summed E-state index contributed by atoms with van der Waals surface area (Å²) in [7, 11) is 0. The molecule has 0 aliphatic carbocycles. The molecule has 0 radical (unpaired) electrons. The van der Waals surface area contributed by atoms with Crippen molar-refractivity contribution in [3.63, 3.8) is 0 Å². The van der Waals surface area contributed by atoms with Gasteiger partial charge in [-0.1, -0.05) is 0 Å². The van der Waals surface area contributed by atoms with Crippen molar-refractivity contribution >= 4 is 0 Å². The lowest BCUT2D eigenvalue weighted by Crippen LogP contribution is -2.40. The molecule has 3 unspecified atom stereocenters. The van der Waals surface area contributed by atoms with E-state index in [-0.39, 0.29) is 18.8 Å². The minimum absolute atomic E-state index is 0.104. The summed E-state index contributed by atoms with van der Waals surface area (Å²) >= 11 is 0. The lowest BCUT2D eigenvalue weighted by atomic mass is 10.1. The largest absolute Gasteiger partial charge is 0.394 e. The van der Waals surface area contributed by atoms with Gasteiger partial charge in [0.2, 0.25) is 0 Å². The van der Waals surface area contributed by atoms with Crippen molar-refractivity contribution in [3.05, 3.63) is 0 Å². The monoisotopic (exact) mass is 262 g/mol. The van der Waals surface area contributed by atoms with Gasteiger partial charge in [-0.2, -0.15) is 0 Å². The average Bonchev–Trinajstić information content (AvgIpc) is 2.65. The molecule has 2 rings (SSSR count). The molecule has 0 bridgehead atoms. The SMILES string of the molecule is CC1(C)OCC(COC2CC(O)C[C@@H](CO)O2)O1. The molecule has 2 saturated heterocycles. The van der Waals surface area contributed by atoms with Gasteiger partial charge >= 0.3 is 0 Å². The fourth-order valence-corrected chi connectivity index (χ4v) is 2.23. The quantitative estimate of drug-likeness (QED) is 0.743. The van der Waals surface area contributed by atoms with Crippen LogP contribution in [0.5, 0.6) is 0 Å². The normalized spacial score (nSPS) is 40.0. The smallest absolute Gasteiger partial charge is 0.163 e. The van der Waals surface area contributed by atoms with E-state index in [0.29, 0.717) is 26.1 Å². The molecule has 2 aliphatic heterocycles. The molecule has 2 N–H and O–H groups in total. The number of rotatable bonds is 4.